The van der Waals surface area contributed by atoms with Gasteiger partial charge in [0.25, 0.3) is 5.91 Å². The van der Waals surface area contributed by atoms with E-state index in [4.69, 9.17) is 9.26 Å². The topological polar surface area (TPSA) is 363 Å². The molecule has 7 amide bonds. The number of nitrogens with one attached hydrogen (secondary N) is 5. The maximum atomic E-state index is 14.6. The molecule has 484 valence electrons. The van der Waals surface area contributed by atoms with E-state index in [2.05, 4.69) is 33.5 Å². The fraction of sp³-hybridized carbons (Fsp3) is 0.516. The number of aliphatic hydroxyl groups excluding tert-OH is 6. The van der Waals surface area contributed by atoms with E-state index in [9.17, 15) is 73.7 Å². The smallest absolute Gasteiger partial charge is 0.376 e. The molecule has 0 aliphatic carbocycles. The number of hydrogen-bond donors (Lipinski definition) is 12. The predicted octanol–water partition coefficient (Wildman–Crippen LogP) is 2.70. The van der Waals surface area contributed by atoms with Crippen molar-refractivity contribution in [3.05, 3.63) is 108 Å². The lowest BCUT2D eigenvalue weighted by atomic mass is 9.99. The summed E-state index contributed by atoms with van der Waals surface area (Å²) in [5, 5.41) is 80.3. The van der Waals surface area contributed by atoms with Crippen molar-refractivity contribution in [2.75, 3.05) is 32.4 Å². The van der Waals surface area contributed by atoms with Crippen LogP contribution in [0.1, 0.15) is 108 Å². The number of hydrogen-bond acceptors (Lipinski definition) is 16. The first kappa shape index (κ1) is 69.2. The van der Waals surface area contributed by atoms with E-state index >= 15 is 0 Å². The quantitative estimate of drug-likeness (QED) is 0.0421. The molecule has 24 nitrogen and oxygen atoms in total. The molecule has 0 aromatic heterocycles. The summed E-state index contributed by atoms with van der Waals surface area (Å²) in [6.07, 6.45) is -5.16. The first-order valence-electron chi connectivity index (χ1n) is 30.6. The second-order valence-electron chi connectivity index (χ2n) is 23.6. The van der Waals surface area contributed by atoms with E-state index in [1.165, 1.54) is 36.4 Å². The second kappa shape index (κ2) is 31.9. The van der Waals surface area contributed by atoms with Crippen LogP contribution in [-0.2, 0) is 39.8 Å². The van der Waals surface area contributed by atoms with Gasteiger partial charge in [0.05, 0.1) is 49.4 Å². The van der Waals surface area contributed by atoms with Crippen molar-refractivity contribution in [1.82, 2.24) is 36.4 Å². The molecular formula is C64H86N7O17P. The van der Waals surface area contributed by atoms with Crippen LogP contribution in [0.5, 0.6) is 11.5 Å². The van der Waals surface area contributed by atoms with Crippen LogP contribution in [0, 0.1) is 5.92 Å². The van der Waals surface area contributed by atoms with Crippen LogP contribution < -0.4 is 35.8 Å². The van der Waals surface area contributed by atoms with Gasteiger partial charge in [-0.1, -0.05) is 114 Å². The largest absolute Gasteiger partial charge is 0.494 e. The third kappa shape index (κ3) is 18.7. The number of amides is 7. The van der Waals surface area contributed by atoms with E-state index in [-0.39, 0.29) is 24.0 Å². The molecular weight excluding hydrogens is 1170 g/mol. The van der Waals surface area contributed by atoms with Crippen molar-refractivity contribution in [2.45, 2.75) is 172 Å². The SMILES string of the molecule is CCCCCCP(=O)(O)Oc1ccc(C[C@@H](O)[C@@H]2NC(=O)[C@@H]3C[C@@H](O)CN3C(=O)[C@H]([C@@H](C)O)NC(=O)[C@@H](NC(=O)c3ccc(-c4ccc(-c5ccc(OCCCCC)cc5)cc4)cc3)C[C@@H](O)CNC(=O)[C@@H]3[C@@H](O)[C@@H](C)CN3C(=O)[C@H]([C@@H](C)O)NC2=O)cc1. The summed E-state index contributed by atoms with van der Waals surface area (Å²) in [7, 11) is -4.03. The summed E-state index contributed by atoms with van der Waals surface area (Å²) in [5.74, 6) is -7.32. The molecule has 3 fully saturated rings. The molecule has 4 aromatic rings. The highest BCUT2D eigenvalue weighted by molar-refractivity contribution is 7.53. The first-order valence-corrected chi connectivity index (χ1v) is 32.4. The minimum Gasteiger partial charge on any atom is -0.494 e. The van der Waals surface area contributed by atoms with Crippen LogP contribution in [0.4, 0.5) is 0 Å². The van der Waals surface area contributed by atoms with Crippen molar-refractivity contribution in [2.24, 2.45) is 5.92 Å². The third-order valence-electron chi connectivity index (χ3n) is 16.3. The number of rotatable bonds is 21. The number of benzene rings is 4. The molecule has 3 aliphatic rings. The fourth-order valence-corrected chi connectivity index (χ4v) is 12.3. The van der Waals surface area contributed by atoms with Gasteiger partial charge in [-0.2, -0.15) is 0 Å². The molecule has 0 spiro atoms. The minimum atomic E-state index is -4.03. The molecule has 14 atom stereocenters. The molecule has 3 saturated heterocycles. The first-order chi connectivity index (χ1) is 42.4. The lowest BCUT2D eigenvalue weighted by Crippen LogP contribution is -2.64. The summed E-state index contributed by atoms with van der Waals surface area (Å²) < 4.78 is 24.1. The molecule has 7 rings (SSSR count). The zero-order valence-electron chi connectivity index (χ0n) is 50.9. The van der Waals surface area contributed by atoms with Gasteiger partial charge in [0.15, 0.2) is 0 Å². The summed E-state index contributed by atoms with van der Waals surface area (Å²) in [5.41, 5.74) is 3.95. The van der Waals surface area contributed by atoms with Gasteiger partial charge in [0.1, 0.15) is 47.8 Å². The van der Waals surface area contributed by atoms with Crippen LogP contribution in [0.15, 0.2) is 97.1 Å². The number of nitrogens with zero attached hydrogens (tertiary/aromatic N) is 2. The Hall–Kier alpha value is -7.28. The van der Waals surface area contributed by atoms with Gasteiger partial charge in [-0.3, -0.25) is 33.6 Å². The number of aliphatic hydroxyl groups is 6. The number of carbonyl (C=O) groups excluding carboxylic acids is 7. The van der Waals surface area contributed by atoms with Gasteiger partial charge in [-0.05, 0) is 90.9 Å². The Bertz CT molecular complexity index is 3100. The van der Waals surface area contributed by atoms with Crippen LogP contribution in [0.25, 0.3) is 22.3 Å². The van der Waals surface area contributed by atoms with Crippen molar-refractivity contribution in [1.29, 1.82) is 0 Å². The minimum absolute atomic E-state index is 0.0372. The van der Waals surface area contributed by atoms with Crippen molar-refractivity contribution in [3.63, 3.8) is 0 Å². The average molecular weight is 1260 g/mol. The summed E-state index contributed by atoms with van der Waals surface area (Å²) in [6, 6.07) is 16.9. The summed E-state index contributed by atoms with van der Waals surface area (Å²) in [4.78, 5) is 113. The highest BCUT2D eigenvalue weighted by Gasteiger charge is 2.49. The summed E-state index contributed by atoms with van der Waals surface area (Å²) >= 11 is 0. The lowest BCUT2D eigenvalue weighted by Gasteiger charge is -2.33. The Labute approximate surface area is 518 Å². The lowest BCUT2D eigenvalue weighted by molar-refractivity contribution is -0.147. The average Bonchev–Trinajstić information content (AvgIpc) is 3.51. The van der Waals surface area contributed by atoms with E-state index < -0.39 is 160 Å². The molecule has 0 radical (unpaired) electrons. The Morgan fingerprint density at radius 2 is 1.16 bits per heavy atom. The highest BCUT2D eigenvalue weighted by atomic mass is 31.2. The van der Waals surface area contributed by atoms with E-state index in [0.29, 0.717) is 18.6 Å². The van der Waals surface area contributed by atoms with E-state index in [1.54, 1.807) is 19.1 Å². The molecule has 1 unspecified atom stereocenters. The van der Waals surface area contributed by atoms with Crippen LogP contribution in [-0.4, -0.2) is 192 Å². The van der Waals surface area contributed by atoms with Gasteiger partial charge in [0, 0.05) is 50.4 Å². The summed E-state index contributed by atoms with van der Waals surface area (Å²) in [6.45, 7) is 7.24. The van der Waals surface area contributed by atoms with Gasteiger partial charge in [-0.15, -0.1) is 0 Å². The van der Waals surface area contributed by atoms with Gasteiger partial charge >= 0.3 is 7.60 Å². The molecule has 12 N–H and O–H groups in total. The van der Waals surface area contributed by atoms with Crippen molar-refractivity contribution >= 4 is 48.9 Å². The monoisotopic (exact) mass is 1260 g/mol. The number of β-amino-alcohol motifs (C(OH)–C–C–N with tert-alkyl or cyclic N) is 1. The molecule has 89 heavy (non-hydrogen) atoms. The normalized spacial score (nSPS) is 25.8. The zero-order valence-corrected chi connectivity index (χ0v) is 51.8. The number of ether oxygens (including phenoxy) is 1. The predicted molar refractivity (Wildman–Crippen MR) is 329 cm³/mol. The highest BCUT2D eigenvalue weighted by Crippen LogP contribution is 2.43. The molecule has 4 aromatic carbocycles. The van der Waals surface area contributed by atoms with E-state index in [0.717, 1.165) is 90.2 Å². The Kier molecular flexibility index (Phi) is 24.8. The van der Waals surface area contributed by atoms with Crippen molar-refractivity contribution < 1.29 is 82.9 Å². The second-order valence-corrected chi connectivity index (χ2v) is 25.5. The molecule has 0 bridgehead atoms. The van der Waals surface area contributed by atoms with Crippen LogP contribution in [0.2, 0.25) is 0 Å². The van der Waals surface area contributed by atoms with Gasteiger partial charge < -0.3 is 81.2 Å². The van der Waals surface area contributed by atoms with Crippen LogP contribution >= 0.6 is 7.60 Å². The van der Waals surface area contributed by atoms with Crippen molar-refractivity contribution in [3.8, 4) is 33.8 Å². The Morgan fingerprint density at radius 3 is 1.74 bits per heavy atom. The maximum absolute atomic E-state index is 14.6. The molecule has 3 heterocycles. The number of unbranched alkanes of at least 4 members (excludes halogenated alkanes) is 5. The standard InChI is InChI=1S/C64H86N7O17P/c1-6-8-10-12-30-89(85,86)88-49-25-13-40(14-26-49)31-52(76)55-61(81)68-54(39(5)73)64(84)71-35-37(3)57(77)56(71)62(82)65-34-46(74)32-50(59(79)67-53(38(4)72)63(83)70-36-47(75)33-51(70)60(80)69-55)66-58(78)45-21-19-43(20-22-45)41-15-17-42(18-16-41)44-23-27-48(28-24-44)87-29-11-9-7-2/h13-28,37-39,46-47,50-57,72-77H,6-12,29-36H2,1-5H3,(H,65,82)(H,66,78)(H,67,79)(H,68,81)(H,69,80)(H,85,86)/t37-,38+,39+,46+,47+,50-,51-,52+,53-,54-,55-,56-,57-/m0/s1. The van der Waals surface area contributed by atoms with E-state index in [1.807, 2.05) is 55.5 Å². The number of carbonyl (C=O) groups is 7. The third-order valence-corrected chi connectivity index (χ3v) is 17.7. The van der Waals surface area contributed by atoms with Gasteiger partial charge in [-0.25, -0.2) is 4.57 Å². The molecule has 25 heteroatoms. The van der Waals surface area contributed by atoms with Crippen LogP contribution in [0.3, 0.4) is 0 Å². The zero-order chi connectivity index (χ0) is 64.7. The molecule has 0 saturated carbocycles. The maximum Gasteiger partial charge on any atom is 0.376 e. The van der Waals surface area contributed by atoms with Gasteiger partial charge in [0.2, 0.25) is 35.4 Å². The number of fused-ring (bicyclic) bond motifs is 2. The fourth-order valence-electron chi connectivity index (χ4n) is 11.2. The Balaban J connectivity index is 1.14. The molecule has 3 aliphatic heterocycles. The Morgan fingerprint density at radius 1 is 0.629 bits per heavy atom.